The lowest BCUT2D eigenvalue weighted by atomic mass is 10.2. The summed E-state index contributed by atoms with van der Waals surface area (Å²) in [6, 6.07) is 3.20. The van der Waals surface area contributed by atoms with Gasteiger partial charge in [0.15, 0.2) is 5.65 Å². The van der Waals surface area contributed by atoms with E-state index in [1.165, 1.54) is 6.07 Å². The fourth-order valence-corrected chi connectivity index (χ4v) is 1.61. The van der Waals surface area contributed by atoms with E-state index in [1.54, 1.807) is 22.9 Å². The van der Waals surface area contributed by atoms with Crippen LogP contribution in [0.2, 0.25) is 0 Å². The summed E-state index contributed by atoms with van der Waals surface area (Å²) in [7, 11) is 0. The minimum atomic E-state index is -0.982. The third-order valence-corrected chi connectivity index (χ3v) is 2.35. The Labute approximate surface area is 92.0 Å². The number of carbonyl (C=O) groups is 1. The summed E-state index contributed by atoms with van der Waals surface area (Å²) in [5.74, 6) is -0.982. The molecule has 2 aromatic rings. The van der Waals surface area contributed by atoms with Crippen LogP contribution in [0.1, 0.15) is 22.5 Å². The molecule has 0 spiro atoms. The molecule has 0 aromatic carbocycles. The molecule has 2 rings (SSSR count). The number of aryl methyl sites for hydroxylation is 1. The first-order valence-electron chi connectivity index (χ1n) is 5.03. The second-order valence-corrected chi connectivity index (χ2v) is 3.52. The van der Waals surface area contributed by atoms with Crippen molar-refractivity contribution in [3.8, 4) is 0 Å². The highest BCUT2D eigenvalue weighted by Gasteiger charge is 2.11. The minimum Gasteiger partial charge on any atom is -0.478 e. The Balaban J connectivity index is 2.44. The molecule has 84 valence electrons. The molecule has 0 aliphatic carbocycles. The molecule has 0 radical (unpaired) electrons. The normalized spacial score (nSPS) is 10.8. The maximum atomic E-state index is 10.9. The topological polar surface area (TPSA) is 74.8 Å². The van der Waals surface area contributed by atoms with Crippen LogP contribution in [0.15, 0.2) is 24.5 Å². The fraction of sp³-hybridized carbons (Fsp3) is 0.273. The molecular formula is C11H12N2O3. The van der Waals surface area contributed by atoms with Crippen LogP contribution >= 0.6 is 0 Å². The fourth-order valence-electron chi connectivity index (χ4n) is 1.61. The van der Waals surface area contributed by atoms with E-state index in [9.17, 15) is 4.79 Å². The number of aromatic nitrogens is 2. The summed E-state index contributed by atoms with van der Waals surface area (Å²) in [6.07, 6.45) is 4.83. The molecule has 0 saturated carbocycles. The Morgan fingerprint density at radius 1 is 1.50 bits per heavy atom. The molecule has 5 heteroatoms. The zero-order chi connectivity index (χ0) is 11.5. The number of fused-ring (bicyclic) bond motifs is 1. The van der Waals surface area contributed by atoms with Crippen molar-refractivity contribution in [2.75, 3.05) is 6.61 Å². The maximum Gasteiger partial charge on any atom is 0.339 e. The summed E-state index contributed by atoms with van der Waals surface area (Å²) in [5.41, 5.74) is 1.43. The molecule has 16 heavy (non-hydrogen) atoms. The first-order valence-corrected chi connectivity index (χ1v) is 5.03. The Bertz CT molecular complexity index is 519. The molecule has 0 saturated heterocycles. The Morgan fingerprint density at radius 2 is 2.31 bits per heavy atom. The van der Waals surface area contributed by atoms with Crippen molar-refractivity contribution in [3.63, 3.8) is 0 Å². The lowest BCUT2D eigenvalue weighted by Gasteiger charge is -1.96. The van der Waals surface area contributed by atoms with E-state index < -0.39 is 5.97 Å². The Morgan fingerprint density at radius 3 is 3.00 bits per heavy atom. The highest BCUT2D eigenvalue weighted by molar-refractivity contribution is 5.94. The number of aliphatic hydroxyl groups is 1. The van der Waals surface area contributed by atoms with E-state index in [0.29, 0.717) is 18.5 Å². The number of aromatic carboxylic acids is 1. The van der Waals surface area contributed by atoms with E-state index in [4.69, 9.17) is 10.2 Å². The smallest absolute Gasteiger partial charge is 0.339 e. The standard InChI is InChI=1S/C11H12N2O3/c14-6-2-3-8-7-13-5-1-4-9(11(15)16)10(13)12-8/h1,4-5,7,14H,2-3,6H2,(H,15,16). The van der Waals surface area contributed by atoms with Crippen LogP contribution in [0, 0.1) is 0 Å². The number of hydrogen-bond donors (Lipinski definition) is 2. The van der Waals surface area contributed by atoms with E-state index in [2.05, 4.69) is 4.98 Å². The lowest BCUT2D eigenvalue weighted by Crippen LogP contribution is -1.99. The zero-order valence-corrected chi connectivity index (χ0v) is 8.63. The SMILES string of the molecule is O=C(O)c1cccn2cc(CCCO)nc12. The first-order chi connectivity index (χ1) is 7.72. The van der Waals surface area contributed by atoms with Gasteiger partial charge in [-0.15, -0.1) is 0 Å². The highest BCUT2D eigenvalue weighted by atomic mass is 16.4. The van der Waals surface area contributed by atoms with Crippen molar-refractivity contribution in [3.05, 3.63) is 35.8 Å². The van der Waals surface area contributed by atoms with Gasteiger partial charge in [0.2, 0.25) is 0 Å². The summed E-state index contributed by atoms with van der Waals surface area (Å²) in [5, 5.41) is 17.7. The van der Waals surface area contributed by atoms with Gasteiger partial charge in [0.25, 0.3) is 0 Å². The van der Waals surface area contributed by atoms with Gasteiger partial charge in [-0.2, -0.15) is 0 Å². The molecule has 0 atom stereocenters. The third kappa shape index (κ3) is 1.90. The number of hydrogen-bond acceptors (Lipinski definition) is 3. The van der Waals surface area contributed by atoms with Gasteiger partial charge < -0.3 is 14.6 Å². The molecule has 2 N–H and O–H groups in total. The third-order valence-electron chi connectivity index (χ3n) is 2.35. The van der Waals surface area contributed by atoms with Gasteiger partial charge in [-0.05, 0) is 25.0 Å². The second-order valence-electron chi connectivity index (χ2n) is 3.52. The van der Waals surface area contributed by atoms with Crippen LogP contribution in [0.25, 0.3) is 5.65 Å². The van der Waals surface area contributed by atoms with Crippen LogP contribution in [0.4, 0.5) is 0 Å². The monoisotopic (exact) mass is 220 g/mol. The molecule has 2 heterocycles. The molecule has 0 amide bonds. The van der Waals surface area contributed by atoms with Crippen molar-refractivity contribution in [2.24, 2.45) is 0 Å². The van der Waals surface area contributed by atoms with Gasteiger partial charge in [-0.3, -0.25) is 0 Å². The van der Waals surface area contributed by atoms with Crippen molar-refractivity contribution < 1.29 is 15.0 Å². The van der Waals surface area contributed by atoms with E-state index in [1.807, 2.05) is 0 Å². The van der Waals surface area contributed by atoms with Gasteiger partial charge in [-0.25, -0.2) is 9.78 Å². The largest absolute Gasteiger partial charge is 0.478 e. The van der Waals surface area contributed by atoms with Gasteiger partial charge in [0.05, 0.1) is 5.69 Å². The van der Waals surface area contributed by atoms with E-state index in [-0.39, 0.29) is 12.2 Å². The van der Waals surface area contributed by atoms with Crippen molar-refractivity contribution in [2.45, 2.75) is 12.8 Å². The van der Waals surface area contributed by atoms with Crippen LogP contribution in [0.5, 0.6) is 0 Å². The molecule has 0 fully saturated rings. The van der Waals surface area contributed by atoms with Crippen LogP contribution in [0.3, 0.4) is 0 Å². The van der Waals surface area contributed by atoms with Crippen molar-refractivity contribution in [1.82, 2.24) is 9.38 Å². The highest BCUT2D eigenvalue weighted by Crippen LogP contribution is 2.12. The average molecular weight is 220 g/mol. The number of nitrogens with zero attached hydrogens (tertiary/aromatic N) is 2. The summed E-state index contributed by atoms with van der Waals surface area (Å²) in [6.45, 7) is 0.111. The Kier molecular flexibility index (Phi) is 2.87. The van der Waals surface area contributed by atoms with Gasteiger partial charge in [0.1, 0.15) is 5.56 Å². The minimum absolute atomic E-state index is 0.111. The van der Waals surface area contributed by atoms with Crippen LogP contribution in [-0.2, 0) is 6.42 Å². The molecule has 0 aliphatic rings. The maximum absolute atomic E-state index is 10.9. The number of carboxylic acid groups (broad SMARTS) is 1. The molecule has 0 aliphatic heterocycles. The number of imidazole rings is 1. The van der Waals surface area contributed by atoms with Crippen molar-refractivity contribution >= 4 is 11.6 Å². The Hall–Kier alpha value is -1.88. The second kappa shape index (κ2) is 4.32. The summed E-state index contributed by atoms with van der Waals surface area (Å²) in [4.78, 5) is 15.2. The zero-order valence-electron chi connectivity index (χ0n) is 8.63. The predicted octanol–water partition coefficient (Wildman–Crippen LogP) is 0.957. The molecule has 5 nitrogen and oxygen atoms in total. The first kappa shape index (κ1) is 10.6. The van der Waals surface area contributed by atoms with Crippen molar-refractivity contribution in [1.29, 1.82) is 0 Å². The van der Waals surface area contributed by atoms with Crippen LogP contribution in [-0.4, -0.2) is 32.2 Å². The average Bonchev–Trinajstić information content (AvgIpc) is 2.68. The van der Waals surface area contributed by atoms with Crippen LogP contribution < -0.4 is 0 Å². The van der Waals surface area contributed by atoms with E-state index in [0.717, 1.165) is 5.69 Å². The quantitative estimate of drug-likeness (QED) is 0.804. The predicted molar refractivity (Wildman–Crippen MR) is 57.6 cm³/mol. The molecule has 2 aromatic heterocycles. The summed E-state index contributed by atoms with van der Waals surface area (Å²) >= 11 is 0. The molecular weight excluding hydrogens is 208 g/mol. The number of carboxylic acids is 1. The van der Waals surface area contributed by atoms with Gasteiger partial charge >= 0.3 is 5.97 Å². The number of pyridine rings is 1. The lowest BCUT2D eigenvalue weighted by molar-refractivity contribution is 0.0698. The number of aliphatic hydroxyl groups excluding tert-OH is 1. The van der Waals surface area contributed by atoms with Gasteiger partial charge in [0, 0.05) is 19.0 Å². The van der Waals surface area contributed by atoms with Gasteiger partial charge in [-0.1, -0.05) is 0 Å². The number of rotatable bonds is 4. The van der Waals surface area contributed by atoms with E-state index >= 15 is 0 Å². The molecule has 0 unspecified atom stereocenters. The molecule has 0 bridgehead atoms. The summed E-state index contributed by atoms with van der Waals surface area (Å²) < 4.78 is 1.69.